The number of benzene rings is 1. The van der Waals surface area contributed by atoms with Crippen LogP contribution in [0.1, 0.15) is 61.0 Å². The Labute approximate surface area is 161 Å². The fraction of sp³-hybridized carbons (Fsp3) is 0.591. The molecule has 1 aromatic carbocycles. The van der Waals surface area contributed by atoms with Gasteiger partial charge in [-0.05, 0) is 62.4 Å². The third kappa shape index (κ3) is 3.83. The number of hydrogen-bond acceptors (Lipinski definition) is 5. The maximum atomic E-state index is 12.6. The van der Waals surface area contributed by atoms with Gasteiger partial charge in [0.2, 0.25) is 0 Å². The molecule has 0 spiro atoms. The Balaban J connectivity index is 2.01. The second-order valence-electron chi connectivity index (χ2n) is 7.56. The van der Waals surface area contributed by atoms with Gasteiger partial charge in [0.1, 0.15) is 11.3 Å². The van der Waals surface area contributed by atoms with Crippen LogP contribution in [0.25, 0.3) is 0 Å². The highest BCUT2D eigenvalue weighted by Crippen LogP contribution is 2.33. The average Bonchev–Trinajstić information content (AvgIpc) is 2.67. The van der Waals surface area contributed by atoms with Gasteiger partial charge in [0.25, 0.3) is 0 Å². The Morgan fingerprint density at radius 2 is 2.04 bits per heavy atom. The van der Waals surface area contributed by atoms with Gasteiger partial charge in [-0.15, -0.1) is 0 Å². The zero-order chi connectivity index (χ0) is 19.6. The fourth-order valence-electron chi connectivity index (χ4n) is 4.23. The molecule has 3 saturated heterocycles. The molecule has 0 aromatic heterocycles. The molecule has 2 bridgehead atoms. The monoisotopic (exact) mass is 371 g/mol. The van der Waals surface area contributed by atoms with Crippen LogP contribution in [0.2, 0.25) is 0 Å². The smallest absolute Gasteiger partial charge is 0.342 e. The summed E-state index contributed by atoms with van der Waals surface area (Å²) in [5.74, 6) is 7.08. The minimum Gasteiger partial charge on any atom is -0.496 e. The highest BCUT2D eigenvalue weighted by Gasteiger charge is 2.40. The SMILES string of the molecule is CCOC(=O)c1c(OC)ccc(C#CC2C(O)C3CCN2CC3)c1C(C)C. The quantitative estimate of drug-likeness (QED) is 0.651. The van der Waals surface area contributed by atoms with E-state index in [2.05, 4.69) is 16.7 Å². The van der Waals surface area contributed by atoms with Crippen LogP contribution in [0.4, 0.5) is 0 Å². The molecule has 27 heavy (non-hydrogen) atoms. The minimum absolute atomic E-state index is 0.0804. The number of piperidine rings is 3. The largest absolute Gasteiger partial charge is 0.496 e. The molecular formula is C22H29NO4. The summed E-state index contributed by atoms with van der Waals surface area (Å²) in [5, 5.41) is 10.6. The van der Waals surface area contributed by atoms with E-state index in [1.807, 2.05) is 19.9 Å². The Morgan fingerprint density at radius 1 is 1.33 bits per heavy atom. The van der Waals surface area contributed by atoms with Crippen molar-refractivity contribution < 1.29 is 19.4 Å². The van der Waals surface area contributed by atoms with Gasteiger partial charge in [-0.25, -0.2) is 4.79 Å². The zero-order valence-electron chi connectivity index (χ0n) is 16.6. The van der Waals surface area contributed by atoms with Gasteiger partial charge in [-0.3, -0.25) is 4.90 Å². The topological polar surface area (TPSA) is 59.0 Å². The van der Waals surface area contributed by atoms with Gasteiger partial charge < -0.3 is 14.6 Å². The van der Waals surface area contributed by atoms with Crippen molar-refractivity contribution in [2.24, 2.45) is 5.92 Å². The molecule has 3 aliphatic heterocycles. The molecule has 1 aromatic rings. The van der Waals surface area contributed by atoms with E-state index in [4.69, 9.17) is 9.47 Å². The number of hydrogen-bond donors (Lipinski definition) is 1. The molecule has 3 fully saturated rings. The summed E-state index contributed by atoms with van der Waals surface area (Å²) in [7, 11) is 1.55. The van der Waals surface area contributed by atoms with Crippen molar-refractivity contribution >= 4 is 5.97 Å². The normalized spacial score (nSPS) is 26.4. The van der Waals surface area contributed by atoms with Crippen LogP contribution in [0.3, 0.4) is 0 Å². The van der Waals surface area contributed by atoms with Crippen molar-refractivity contribution in [3.8, 4) is 17.6 Å². The van der Waals surface area contributed by atoms with Gasteiger partial charge in [-0.2, -0.15) is 0 Å². The number of fused-ring (bicyclic) bond motifs is 3. The van der Waals surface area contributed by atoms with Gasteiger partial charge in [-0.1, -0.05) is 25.7 Å². The number of carbonyl (C=O) groups excluding carboxylic acids is 1. The van der Waals surface area contributed by atoms with Gasteiger partial charge in [0.05, 0.1) is 25.9 Å². The predicted octanol–water partition coefficient (Wildman–Crippen LogP) is 2.80. The number of ether oxygens (including phenoxy) is 2. The molecule has 0 amide bonds. The van der Waals surface area contributed by atoms with E-state index in [0.717, 1.165) is 37.1 Å². The van der Waals surface area contributed by atoms with Crippen LogP contribution in [0.5, 0.6) is 5.75 Å². The second-order valence-corrected chi connectivity index (χ2v) is 7.56. The molecule has 146 valence electrons. The molecule has 5 nitrogen and oxygen atoms in total. The predicted molar refractivity (Wildman–Crippen MR) is 104 cm³/mol. The van der Waals surface area contributed by atoms with E-state index in [9.17, 15) is 9.90 Å². The van der Waals surface area contributed by atoms with Crippen molar-refractivity contribution in [1.29, 1.82) is 0 Å². The molecule has 0 radical (unpaired) electrons. The van der Waals surface area contributed by atoms with Crippen LogP contribution in [0, 0.1) is 17.8 Å². The van der Waals surface area contributed by atoms with E-state index in [0.29, 0.717) is 23.8 Å². The summed E-state index contributed by atoms with van der Waals surface area (Å²) in [6, 6.07) is 3.53. The first kappa shape index (κ1) is 19.7. The number of esters is 1. The second kappa shape index (κ2) is 8.33. The standard InChI is InChI=1S/C22H29NO4/c1-5-27-22(25)20-18(26-4)9-7-15(19(20)14(2)3)6-8-17-21(24)16-10-12-23(17)13-11-16/h7,9,14,16-17,21,24H,5,10-13H2,1-4H3. The van der Waals surface area contributed by atoms with Gasteiger partial charge in [0, 0.05) is 5.56 Å². The lowest BCUT2D eigenvalue weighted by molar-refractivity contribution is -0.0500. The summed E-state index contributed by atoms with van der Waals surface area (Å²) in [4.78, 5) is 14.8. The lowest BCUT2D eigenvalue weighted by Gasteiger charge is -2.46. The Hall–Kier alpha value is -2.03. The molecule has 3 heterocycles. The average molecular weight is 371 g/mol. The maximum Gasteiger partial charge on any atom is 0.342 e. The highest BCUT2D eigenvalue weighted by molar-refractivity contribution is 5.95. The van der Waals surface area contributed by atoms with E-state index in [1.165, 1.54) is 0 Å². The van der Waals surface area contributed by atoms with Gasteiger partial charge >= 0.3 is 5.97 Å². The number of aliphatic hydroxyl groups excluding tert-OH is 1. The Morgan fingerprint density at radius 3 is 2.59 bits per heavy atom. The molecule has 4 rings (SSSR count). The molecular weight excluding hydrogens is 342 g/mol. The Bertz CT molecular complexity index is 752. The summed E-state index contributed by atoms with van der Waals surface area (Å²) < 4.78 is 10.7. The third-order valence-electron chi connectivity index (χ3n) is 5.61. The van der Waals surface area contributed by atoms with Gasteiger partial charge in [0.15, 0.2) is 0 Å². The van der Waals surface area contributed by atoms with Crippen molar-refractivity contribution in [2.45, 2.75) is 51.7 Å². The van der Waals surface area contributed by atoms with Crippen LogP contribution in [-0.2, 0) is 4.74 Å². The van der Waals surface area contributed by atoms with Crippen LogP contribution >= 0.6 is 0 Å². The molecule has 0 saturated carbocycles. The third-order valence-corrected chi connectivity index (χ3v) is 5.61. The van der Waals surface area contributed by atoms with E-state index in [1.54, 1.807) is 20.1 Å². The molecule has 2 unspecified atom stereocenters. The number of rotatable bonds is 4. The molecule has 2 atom stereocenters. The Kier molecular flexibility index (Phi) is 6.08. The van der Waals surface area contributed by atoms with E-state index < -0.39 is 6.10 Å². The summed E-state index contributed by atoms with van der Waals surface area (Å²) >= 11 is 0. The summed E-state index contributed by atoms with van der Waals surface area (Å²) in [5.41, 5.74) is 2.08. The molecule has 1 N–H and O–H groups in total. The number of nitrogens with zero attached hydrogens (tertiary/aromatic N) is 1. The fourth-order valence-corrected chi connectivity index (χ4v) is 4.23. The number of methoxy groups -OCH3 is 1. The number of carbonyl (C=O) groups is 1. The maximum absolute atomic E-state index is 12.6. The highest BCUT2D eigenvalue weighted by atomic mass is 16.5. The van der Waals surface area contributed by atoms with E-state index in [-0.39, 0.29) is 17.9 Å². The molecule has 3 aliphatic rings. The van der Waals surface area contributed by atoms with Crippen LogP contribution < -0.4 is 4.74 Å². The minimum atomic E-state index is -0.398. The van der Waals surface area contributed by atoms with Crippen LogP contribution in [0.15, 0.2) is 12.1 Å². The first-order chi connectivity index (χ1) is 13.0. The van der Waals surface area contributed by atoms with E-state index >= 15 is 0 Å². The first-order valence-electron chi connectivity index (χ1n) is 9.79. The lowest BCUT2D eigenvalue weighted by atomic mass is 9.80. The lowest BCUT2D eigenvalue weighted by Crippen LogP contribution is -2.57. The van der Waals surface area contributed by atoms with Crippen molar-refractivity contribution in [3.63, 3.8) is 0 Å². The number of aliphatic hydroxyl groups is 1. The molecule has 0 aliphatic carbocycles. The summed E-state index contributed by atoms with van der Waals surface area (Å²) in [6.07, 6.45) is 1.70. The zero-order valence-corrected chi connectivity index (χ0v) is 16.6. The van der Waals surface area contributed by atoms with Crippen LogP contribution in [-0.4, -0.2) is 54.9 Å². The molecule has 5 heteroatoms. The summed E-state index contributed by atoms with van der Waals surface area (Å²) in [6.45, 7) is 8.15. The van der Waals surface area contributed by atoms with Crippen molar-refractivity contribution in [2.75, 3.05) is 26.8 Å². The van der Waals surface area contributed by atoms with Crippen molar-refractivity contribution in [1.82, 2.24) is 4.90 Å². The first-order valence-corrected chi connectivity index (χ1v) is 9.79. The van der Waals surface area contributed by atoms with Crippen molar-refractivity contribution in [3.05, 3.63) is 28.8 Å².